The number of carbonyl (C=O) groups excluding carboxylic acids is 1. The van der Waals surface area contributed by atoms with Crippen LogP contribution in [0.1, 0.15) is 27.3 Å². The fourth-order valence-electron chi connectivity index (χ4n) is 3.48. The van der Waals surface area contributed by atoms with Crippen LogP contribution in [0.25, 0.3) is 5.65 Å². The number of nitrogens with zero attached hydrogens (tertiary/aromatic N) is 3. The first-order valence-electron chi connectivity index (χ1n) is 10.1. The first kappa shape index (κ1) is 21.2. The van der Waals surface area contributed by atoms with E-state index in [2.05, 4.69) is 20.7 Å². The standard InChI is InChI=1S/C24H25N5O3/c1-14-6-8-17(9-7-14)26-24(30)21-22(28-29-16(3)12-15(2)25-23(21)29)27-19-11-10-18(31-4)13-20(19)32-5/h6-13H,1-5H3,(H,26,30)(H,27,28). The third-order valence-corrected chi connectivity index (χ3v) is 5.09. The zero-order chi connectivity index (χ0) is 22.8. The number of hydrogen-bond donors (Lipinski definition) is 2. The lowest BCUT2D eigenvalue weighted by Gasteiger charge is -2.12. The molecule has 0 radical (unpaired) electrons. The normalized spacial score (nSPS) is 10.8. The molecule has 4 aromatic rings. The summed E-state index contributed by atoms with van der Waals surface area (Å²) in [5.41, 5.74) is 4.94. The highest BCUT2D eigenvalue weighted by atomic mass is 16.5. The van der Waals surface area contributed by atoms with Crippen molar-refractivity contribution in [3.63, 3.8) is 0 Å². The van der Waals surface area contributed by atoms with Crippen molar-refractivity contribution in [2.24, 2.45) is 0 Å². The van der Waals surface area contributed by atoms with Gasteiger partial charge in [0.25, 0.3) is 5.91 Å². The summed E-state index contributed by atoms with van der Waals surface area (Å²) >= 11 is 0. The zero-order valence-corrected chi connectivity index (χ0v) is 18.7. The largest absolute Gasteiger partial charge is 0.497 e. The van der Waals surface area contributed by atoms with E-state index in [1.165, 1.54) is 0 Å². The van der Waals surface area contributed by atoms with Gasteiger partial charge in [-0.3, -0.25) is 4.79 Å². The van der Waals surface area contributed by atoms with Crippen LogP contribution in [0.4, 0.5) is 17.2 Å². The van der Waals surface area contributed by atoms with Gasteiger partial charge in [0.15, 0.2) is 11.5 Å². The van der Waals surface area contributed by atoms with Crippen LogP contribution < -0.4 is 20.1 Å². The summed E-state index contributed by atoms with van der Waals surface area (Å²) in [6.07, 6.45) is 0. The minimum atomic E-state index is -0.309. The van der Waals surface area contributed by atoms with Crippen molar-refractivity contribution in [2.75, 3.05) is 24.9 Å². The molecule has 8 nitrogen and oxygen atoms in total. The predicted octanol–water partition coefficient (Wildman–Crippen LogP) is 4.67. The average Bonchev–Trinajstić information content (AvgIpc) is 3.13. The van der Waals surface area contributed by atoms with E-state index in [9.17, 15) is 4.79 Å². The van der Waals surface area contributed by atoms with Crippen molar-refractivity contribution in [1.82, 2.24) is 14.6 Å². The molecule has 0 atom stereocenters. The molecule has 0 spiro atoms. The van der Waals surface area contributed by atoms with Crippen LogP contribution in [0.2, 0.25) is 0 Å². The highest BCUT2D eigenvalue weighted by Crippen LogP contribution is 2.33. The molecule has 0 unspecified atom stereocenters. The molecule has 4 rings (SSSR count). The first-order chi connectivity index (χ1) is 15.4. The molecule has 0 aliphatic heterocycles. The van der Waals surface area contributed by atoms with Gasteiger partial charge in [-0.1, -0.05) is 17.7 Å². The third-order valence-electron chi connectivity index (χ3n) is 5.09. The first-order valence-corrected chi connectivity index (χ1v) is 10.1. The van der Waals surface area contributed by atoms with Gasteiger partial charge in [0.1, 0.15) is 17.1 Å². The van der Waals surface area contributed by atoms with Gasteiger partial charge >= 0.3 is 0 Å². The summed E-state index contributed by atoms with van der Waals surface area (Å²) in [4.78, 5) is 18.0. The van der Waals surface area contributed by atoms with E-state index in [0.29, 0.717) is 39.9 Å². The van der Waals surface area contributed by atoms with Crippen LogP contribution >= 0.6 is 0 Å². The highest BCUT2D eigenvalue weighted by Gasteiger charge is 2.23. The number of nitrogens with one attached hydrogen (secondary N) is 2. The number of benzene rings is 2. The minimum Gasteiger partial charge on any atom is -0.497 e. The van der Waals surface area contributed by atoms with Crippen LogP contribution in [-0.2, 0) is 0 Å². The zero-order valence-electron chi connectivity index (χ0n) is 18.7. The van der Waals surface area contributed by atoms with E-state index in [4.69, 9.17) is 9.47 Å². The molecule has 0 fully saturated rings. The number of ether oxygens (including phenoxy) is 2. The van der Waals surface area contributed by atoms with Crippen molar-refractivity contribution >= 4 is 28.7 Å². The van der Waals surface area contributed by atoms with Gasteiger partial charge in [-0.2, -0.15) is 0 Å². The van der Waals surface area contributed by atoms with Gasteiger partial charge < -0.3 is 20.1 Å². The number of anilines is 3. The number of hydrogen-bond acceptors (Lipinski definition) is 6. The molecule has 0 aliphatic carbocycles. The van der Waals surface area contributed by atoms with Crippen molar-refractivity contribution in [2.45, 2.75) is 20.8 Å². The Bertz CT molecular complexity index is 1300. The fraction of sp³-hybridized carbons (Fsp3) is 0.208. The number of fused-ring (bicyclic) bond motifs is 1. The molecule has 0 bridgehead atoms. The van der Waals surface area contributed by atoms with Crippen LogP contribution in [0.3, 0.4) is 0 Å². The average molecular weight is 431 g/mol. The quantitative estimate of drug-likeness (QED) is 0.461. The number of carbonyl (C=O) groups is 1. The second kappa shape index (κ2) is 8.58. The van der Waals surface area contributed by atoms with E-state index in [1.807, 2.05) is 57.2 Å². The number of aromatic nitrogens is 3. The molecule has 0 saturated carbocycles. The maximum Gasteiger partial charge on any atom is 0.263 e. The van der Waals surface area contributed by atoms with E-state index >= 15 is 0 Å². The lowest BCUT2D eigenvalue weighted by molar-refractivity contribution is 0.102. The van der Waals surface area contributed by atoms with Crippen molar-refractivity contribution in [3.05, 3.63) is 71.0 Å². The summed E-state index contributed by atoms with van der Waals surface area (Å²) in [6, 6.07) is 14.9. The summed E-state index contributed by atoms with van der Waals surface area (Å²) in [5.74, 6) is 1.29. The van der Waals surface area contributed by atoms with E-state index < -0.39 is 0 Å². The van der Waals surface area contributed by atoms with Crippen molar-refractivity contribution in [1.29, 1.82) is 0 Å². The Balaban J connectivity index is 1.81. The maximum atomic E-state index is 13.4. The van der Waals surface area contributed by atoms with E-state index in [0.717, 1.165) is 17.0 Å². The molecule has 2 N–H and O–H groups in total. The topological polar surface area (TPSA) is 89.8 Å². The lowest BCUT2D eigenvalue weighted by atomic mass is 10.2. The molecule has 2 aromatic carbocycles. The third kappa shape index (κ3) is 4.07. The van der Waals surface area contributed by atoms with Gasteiger partial charge in [-0.15, -0.1) is 5.10 Å². The van der Waals surface area contributed by atoms with Gasteiger partial charge in [-0.25, -0.2) is 9.50 Å². The predicted molar refractivity (Wildman–Crippen MR) is 124 cm³/mol. The summed E-state index contributed by atoms with van der Waals surface area (Å²) in [6.45, 7) is 5.81. The van der Waals surface area contributed by atoms with E-state index in [-0.39, 0.29) is 5.91 Å². The van der Waals surface area contributed by atoms with Crippen LogP contribution in [-0.4, -0.2) is 34.7 Å². The molecular weight excluding hydrogens is 406 g/mol. The Kier molecular flexibility index (Phi) is 5.68. The van der Waals surface area contributed by atoms with Crippen LogP contribution in [0.5, 0.6) is 11.5 Å². The number of rotatable bonds is 6. The Morgan fingerprint density at radius 1 is 0.969 bits per heavy atom. The molecule has 8 heteroatoms. The molecule has 2 aromatic heterocycles. The number of aryl methyl sites for hydroxylation is 3. The van der Waals surface area contributed by atoms with Crippen molar-refractivity contribution < 1.29 is 14.3 Å². The molecule has 2 heterocycles. The van der Waals surface area contributed by atoms with Crippen LogP contribution in [0, 0.1) is 20.8 Å². The fourth-order valence-corrected chi connectivity index (χ4v) is 3.48. The Labute approximate surface area is 186 Å². The highest BCUT2D eigenvalue weighted by molar-refractivity contribution is 6.12. The Morgan fingerprint density at radius 3 is 2.41 bits per heavy atom. The molecule has 1 amide bonds. The number of methoxy groups -OCH3 is 2. The summed E-state index contributed by atoms with van der Waals surface area (Å²) in [7, 11) is 3.16. The maximum absolute atomic E-state index is 13.4. The molecule has 164 valence electrons. The Hall–Kier alpha value is -4.07. The Morgan fingerprint density at radius 2 is 1.72 bits per heavy atom. The smallest absolute Gasteiger partial charge is 0.263 e. The van der Waals surface area contributed by atoms with Gasteiger partial charge in [-0.05, 0) is 51.1 Å². The van der Waals surface area contributed by atoms with Gasteiger partial charge in [0, 0.05) is 23.1 Å². The second-order valence-corrected chi connectivity index (χ2v) is 7.51. The monoisotopic (exact) mass is 431 g/mol. The van der Waals surface area contributed by atoms with Gasteiger partial charge in [0.2, 0.25) is 0 Å². The minimum absolute atomic E-state index is 0.309. The molecule has 0 saturated heterocycles. The summed E-state index contributed by atoms with van der Waals surface area (Å²) in [5, 5.41) is 10.8. The van der Waals surface area contributed by atoms with Gasteiger partial charge in [0.05, 0.1) is 19.9 Å². The number of amides is 1. The molecular formula is C24H25N5O3. The summed E-state index contributed by atoms with van der Waals surface area (Å²) < 4.78 is 12.4. The lowest BCUT2D eigenvalue weighted by Crippen LogP contribution is -2.14. The van der Waals surface area contributed by atoms with E-state index in [1.54, 1.807) is 30.9 Å². The van der Waals surface area contributed by atoms with Crippen molar-refractivity contribution in [3.8, 4) is 11.5 Å². The van der Waals surface area contributed by atoms with Crippen LogP contribution in [0.15, 0.2) is 48.5 Å². The molecule has 32 heavy (non-hydrogen) atoms. The SMILES string of the molecule is COc1ccc(Nc2nn3c(C)cc(C)nc3c2C(=O)Nc2ccc(C)cc2)c(OC)c1. The second-order valence-electron chi connectivity index (χ2n) is 7.51. The molecule has 0 aliphatic rings.